The van der Waals surface area contributed by atoms with Crippen molar-refractivity contribution in [3.8, 4) is 0 Å². The number of amides is 1. The summed E-state index contributed by atoms with van der Waals surface area (Å²) in [6, 6.07) is 0. The lowest BCUT2D eigenvalue weighted by atomic mass is 10.1. The fraction of sp³-hybridized carbons (Fsp3) is 0.667. The molecule has 1 aromatic heterocycles. The molecule has 0 saturated carbocycles. The van der Waals surface area contributed by atoms with E-state index in [1.165, 1.54) is 11.3 Å². The molecular weight excluding hydrogens is 234 g/mol. The zero-order chi connectivity index (χ0) is 12.8. The monoisotopic (exact) mass is 255 g/mol. The number of nitrogen functional groups attached to an aromatic ring is 1. The van der Waals surface area contributed by atoms with Crippen LogP contribution in [0.2, 0.25) is 0 Å². The zero-order valence-corrected chi connectivity index (χ0v) is 11.6. The van der Waals surface area contributed by atoms with Gasteiger partial charge in [0.1, 0.15) is 4.88 Å². The van der Waals surface area contributed by atoms with Crippen LogP contribution >= 0.6 is 11.3 Å². The highest BCUT2D eigenvalue weighted by atomic mass is 32.1. The zero-order valence-electron chi connectivity index (χ0n) is 10.7. The minimum Gasteiger partial charge on any atom is -0.289 e. The average molecular weight is 255 g/mol. The first-order valence-electron chi connectivity index (χ1n) is 6.18. The van der Waals surface area contributed by atoms with Gasteiger partial charge in [-0.25, -0.2) is 10.8 Å². The Kier molecular flexibility index (Phi) is 5.58. The maximum atomic E-state index is 11.7. The third-order valence-electron chi connectivity index (χ3n) is 2.87. The highest BCUT2D eigenvalue weighted by molar-refractivity contribution is 7.13. The summed E-state index contributed by atoms with van der Waals surface area (Å²) in [7, 11) is 0. The predicted octanol–water partition coefficient (Wildman–Crippen LogP) is 2.60. The van der Waals surface area contributed by atoms with E-state index in [4.69, 9.17) is 5.84 Å². The molecule has 3 N–H and O–H groups in total. The lowest BCUT2D eigenvalue weighted by molar-refractivity contribution is 0.0956. The average Bonchev–Trinajstić information content (AvgIpc) is 2.74. The summed E-state index contributed by atoms with van der Waals surface area (Å²) in [5.74, 6) is 5.43. The number of nitrogens with zero attached hydrogens (tertiary/aromatic N) is 1. The minimum atomic E-state index is -0.219. The number of carbonyl (C=O) groups excluding carboxylic acids is 1. The van der Waals surface area contributed by atoms with Gasteiger partial charge in [0.05, 0.1) is 10.7 Å². The highest BCUT2D eigenvalue weighted by Gasteiger charge is 2.20. The van der Waals surface area contributed by atoms with Crippen LogP contribution in [0.1, 0.15) is 66.3 Å². The lowest BCUT2D eigenvalue weighted by Gasteiger charge is -2.06. The smallest absolute Gasteiger partial charge is 0.277 e. The summed E-state index contributed by atoms with van der Waals surface area (Å²) in [6.07, 6.45) is 3.93. The van der Waals surface area contributed by atoms with Crippen molar-refractivity contribution in [3.63, 3.8) is 0 Å². The van der Waals surface area contributed by atoms with Gasteiger partial charge in [0.15, 0.2) is 0 Å². The van der Waals surface area contributed by atoms with Gasteiger partial charge in [-0.15, -0.1) is 11.3 Å². The maximum Gasteiger partial charge on any atom is 0.277 e. The number of aryl methyl sites for hydroxylation is 1. The van der Waals surface area contributed by atoms with E-state index < -0.39 is 0 Å². The second-order valence-corrected chi connectivity index (χ2v) is 5.10. The third-order valence-corrected chi connectivity index (χ3v) is 4.13. The molecule has 0 bridgehead atoms. The molecule has 1 heterocycles. The number of hydrogen-bond acceptors (Lipinski definition) is 4. The van der Waals surface area contributed by atoms with Crippen LogP contribution in [0, 0.1) is 0 Å². The first kappa shape index (κ1) is 14.1. The van der Waals surface area contributed by atoms with Crippen LogP contribution in [0.15, 0.2) is 0 Å². The van der Waals surface area contributed by atoms with Crippen LogP contribution in [0.3, 0.4) is 0 Å². The van der Waals surface area contributed by atoms with Crippen molar-refractivity contribution in [1.29, 1.82) is 0 Å². The number of nitrogens with one attached hydrogen (secondary N) is 1. The van der Waals surface area contributed by atoms with E-state index in [1.54, 1.807) is 0 Å². The lowest BCUT2D eigenvalue weighted by Crippen LogP contribution is -2.30. The Morgan fingerprint density at radius 1 is 1.41 bits per heavy atom. The predicted molar refractivity (Wildman–Crippen MR) is 71.1 cm³/mol. The summed E-state index contributed by atoms with van der Waals surface area (Å²) in [5.41, 5.74) is 3.09. The molecule has 0 unspecified atom stereocenters. The molecule has 1 rings (SSSR count). The first-order chi connectivity index (χ1) is 8.17. The van der Waals surface area contributed by atoms with Crippen LogP contribution in [0.5, 0.6) is 0 Å². The van der Waals surface area contributed by atoms with E-state index in [-0.39, 0.29) is 5.91 Å². The molecule has 1 aromatic rings. The maximum absolute atomic E-state index is 11.7. The Labute approximate surface area is 107 Å². The molecule has 0 spiro atoms. The van der Waals surface area contributed by atoms with Crippen LogP contribution in [0.4, 0.5) is 0 Å². The summed E-state index contributed by atoms with van der Waals surface area (Å²) >= 11 is 1.49. The molecule has 17 heavy (non-hydrogen) atoms. The number of nitrogens with two attached hydrogens (primary N) is 1. The molecular formula is C12H21N3OS. The molecule has 0 aromatic carbocycles. The summed E-state index contributed by atoms with van der Waals surface area (Å²) in [6.45, 7) is 6.38. The molecule has 5 heteroatoms. The Morgan fingerprint density at radius 2 is 2.06 bits per heavy atom. The second kappa shape index (κ2) is 6.71. The second-order valence-electron chi connectivity index (χ2n) is 4.06. The summed E-state index contributed by atoms with van der Waals surface area (Å²) in [5, 5.41) is 1.07. The van der Waals surface area contributed by atoms with Gasteiger partial charge in [-0.2, -0.15) is 0 Å². The van der Waals surface area contributed by atoms with E-state index in [2.05, 4.69) is 31.2 Å². The number of aromatic nitrogens is 1. The molecule has 0 fully saturated rings. The van der Waals surface area contributed by atoms with Gasteiger partial charge in [-0.05, 0) is 19.3 Å². The Hall–Kier alpha value is -0.940. The van der Waals surface area contributed by atoms with Gasteiger partial charge in [0.25, 0.3) is 5.91 Å². The fourth-order valence-corrected chi connectivity index (χ4v) is 3.11. The SMILES string of the molecule is CCCc1nc(C(CC)CC)sc1C(=O)NN. The van der Waals surface area contributed by atoms with Gasteiger partial charge >= 0.3 is 0 Å². The number of rotatable bonds is 6. The van der Waals surface area contributed by atoms with Gasteiger partial charge < -0.3 is 0 Å². The fourth-order valence-electron chi connectivity index (χ4n) is 1.83. The summed E-state index contributed by atoms with van der Waals surface area (Å²) < 4.78 is 0. The molecule has 0 saturated heterocycles. The highest BCUT2D eigenvalue weighted by Crippen LogP contribution is 2.30. The third kappa shape index (κ3) is 3.26. The summed E-state index contributed by atoms with van der Waals surface area (Å²) in [4.78, 5) is 16.9. The van der Waals surface area contributed by atoms with E-state index in [9.17, 15) is 4.79 Å². The van der Waals surface area contributed by atoms with Gasteiger partial charge in [0, 0.05) is 5.92 Å². The standard InChI is InChI=1S/C12H21N3OS/c1-4-7-9-10(11(16)15-13)17-12(14-9)8(5-2)6-3/h8H,4-7,13H2,1-3H3,(H,15,16). The van der Waals surface area contributed by atoms with Gasteiger partial charge in [-0.1, -0.05) is 27.2 Å². The van der Waals surface area contributed by atoms with E-state index in [0.717, 1.165) is 36.4 Å². The van der Waals surface area contributed by atoms with Crippen LogP contribution in [0.25, 0.3) is 0 Å². The Balaban J connectivity index is 3.06. The topological polar surface area (TPSA) is 68.0 Å². The Bertz CT molecular complexity index is 372. The van der Waals surface area contributed by atoms with Crippen LogP contribution < -0.4 is 11.3 Å². The van der Waals surface area contributed by atoms with Crippen molar-refractivity contribution >= 4 is 17.2 Å². The first-order valence-corrected chi connectivity index (χ1v) is 6.99. The van der Waals surface area contributed by atoms with E-state index in [0.29, 0.717) is 10.8 Å². The number of hydrogen-bond donors (Lipinski definition) is 2. The molecule has 96 valence electrons. The van der Waals surface area contributed by atoms with Crippen molar-refractivity contribution in [2.45, 2.75) is 52.4 Å². The van der Waals surface area contributed by atoms with Crippen molar-refractivity contribution < 1.29 is 4.79 Å². The molecule has 0 aliphatic carbocycles. The molecule has 0 radical (unpaired) electrons. The molecule has 0 atom stereocenters. The van der Waals surface area contributed by atoms with E-state index in [1.807, 2.05) is 0 Å². The minimum absolute atomic E-state index is 0.219. The van der Waals surface area contributed by atoms with E-state index >= 15 is 0 Å². The van der Waals surface area contributed by atoms with Crippen molar-refractivity contribution in [3.05, 3.63) is 15.6 Å². The largest absolute Gasteiger partial charge is 0.289 e. The van der Waals surface area contributed by atoms with Crippen molar-refractivity contribution in [1.82, 2.24) is 10.4 Å². The normalized spacial score (nSPS) is 10.9. The molecule has 0 aliphatic heterocycles. The molecule has 0 aliphatic rings. The van der Waals surface area contributed by atoms with Crippen LogP contribution in [-0.4, -0.2) is 10.9 Å². The van der Waals surface area contributed by atoms with Crippen LogP contribution in [-0.2, 0) is 6.42 Å². The molecule has 1 amide bonds. The van der Waals surface area contributed by atoms with Crippen molar-refractivity contribution in [2.24, 2.45) is 5.84 Å². The number of hydrazine groups is 1. The Morgan fingerprint density at radius 3 is 2.53 bits per heavy atom. The quantitative estimate of drug-likeness (QED) is 0.466. The number of carbonyl (C=O) groups is 1. The number of thiazole rings is 1. The van der Waals surface area contributed by atoms with Gasteiger partial charge in [-0.3, -0.25) is 10.2 Å². The van der Waals surface area contributed by atoms with Crippen molar-refractivity contribution in [2.75, 3.05) is 0 Å². The molecule has 4 nitrogen and oxygen atoms in total. The van der Waals surface area contributed by atoms with Gasteiger partial charge in [0.2, 0.25) is 0 Å².